The molecule has 4 rings (SSSR count). The monoisotopic (exact) mass is 395 g/mol. The van der Waals surface area contributed by atoms with Crippen molar-refractivity contribution in [3.63, 3.8) is 0 Å². The molecule has 0 atom stereocenters. The number of carbonyl (C=O) groups excluding carboxylic acids is 1. The first kappa shape index (κ1) is 18.6. The second kappa shape index (κ2) is 8.52. The number of carbonyl (C=O) groups is 1. The van der Waals surface area contributed by atoms with E-state index < -0.39 is 0 Å². The molecule has 1 amide bonds. The summed E-state index contributed by atoms with van der Waals surface area (Å²) in [5.41, 5.74) is 2.27. The summed E-state index contributed by atoms with van der Waals surface area (Å²) in [5, 5.41) is 1.96. The maximum Gasteiger partial charge on any atom is 0.222 e. The normalized spacial score (nSPS) is 14.8. The van der Waals surface area contributed by atoms with E-state index in [1.54, 1.807) is 12.1 Å². The number of para-hydroxylation sites is 1. The zero-order chi connectivity index (χ0) is 19.3. The van der Waals surface area contributed by atoms with E-state index >= 15 is 0 Å². The van der Waals surface area contributed by atoms with Crippen LogP contribution in [0.1, 0.15) is 19.3 Å². The minimum atomic E-state index is -0.241. The van der Waals surface area contributed by atoms with Gasteiger partial charge in [0.05, 0.1) is 11.4 Å². The van der Waals surface area contributed by atoms with Crippen LogP contribution in [-0.2, 0) is 11.3 Å². The van der Waals surface area contributed by atoms with Crippen LogP contribution in [0.15, 0.2) is 65.0 Å². The van der Waals surface area contributed by atoms with Crippen LogP contribution in [0.25, 0.3) is 11.3 Å². The van der Waals surface area contributed by atoms with Gasteiger partial charge in [-0.25, -0.2) is 9.38 Å². The Labute approximate surface area is 167 Å². The van der Waals surface area contributed by atoms with Crippen molar-refractivity contribution in [2.75, 3.05) is 13.1 Å². The molecule has 0 bridgehead atoms. The first-order valence-electron chi connectivity index (χ1n) is 9.53. The Balaban J connectivity index is 1.66. The minimum absolute atomic E-state index is 0.235. The summed E-state index contributed by atoms with van der Waals surface area (Å²) in [5.74, 6) is -0.00567. The van der Waals surface area contributed by atoms with Crippen molar-refractivity contribution in [1.29, 1.82) is 0 Å². The minimum Gasteiger partial charge on any atom is -0.343 e. The van der Waals surface area contributed by atoms with Gasteiger partial charge in [0.1, 0.15) is 5.82 Å². The van der Waals surface area contributed by atoms with Crippen LogP contribution in [0, 0.1) is 5.82 Å². The predicted molar refractivity (Wildman–Crippen MR) is 110 cm³/mol. The van der Waals surface area contributed by atoms with Crippen LogP contribution in [0.4, 0.5) is 10.1 Å². The van der Waals surface area contributed by atoms with E-state index in [0.717, 1.165) is 42.1 Å². The molecule has 1 aliphatic rings. The van der Waals surface area contributed by atoms with Gasteiger partial charge in [0.15, 0.2) is 4.80 Å². The van der Waals surface area contributed by atoms with Crippen molar-refractivity contribution in [3.05, 3.63) is 70.6 Å². The first-order chi connectivity index (χ1) is 13.7. The van der Waals surface area contributed by atoms with E-state index in [-0.39, 0.29) is 11.7 Å². The van der Waals surface area contributed by atoms with Crippen LogP contribution in [0.3, 0.4) is 0 Å². The third-order valence-electron chi connectivity index (χ3n) is 4.91. The SMILES string of the molecule is O=C1CCCN1CCCn1c(-c2ccccc2F)csc1=Nc1ccccc1. The van der Waals surface area contributed by atoms with Crippen molar-refractivity contribution in [2.24, 2.45) is 4.99 Å². The van der Waals surface area contributed by atoms with Gasteiger partial charge in [-0.15, -0.1) is 11.3 Å². The molecular weight excluding hydrogens is 373 g/mol. The zero-order valence-electron chi connectivity index (χ0n) is 15.6. The largest absolute Gasteiger partial charge is 0.343 e. The smallest absolute Gasteiger partial charge is 0.222 e. The Kier molecular flexibility index (Phi) is 5.67. The lowest BCUT2D eigenvalue weighted by molar-refractivity contribution is -0.127. The Morgan fingerprint density at radius 2 is 1.82 bits per heavy atom. The van der Waals surface area contributed by atoms with Gasteiger partial charge < -0.3 is 9.47 Å². The molecule has 1 saturated heterocycles. The van der Waals surface area contributed by atoms with Gasteiger partial charge in [0.25, 0.3) is 0 Å². The summed E-state index contributed by atoms with van der Waals surface area (Å²) in [6, 6.07) is 16.6. The highest BCUT2D eigenvalue weighted by Gasteiger charge is 2.19. The first-order valence-corrected chi connectivity index (χ1v) is 10.4. The standard InChI is InChI=1S/C22H22FN3OS/c23-19-11-5-4-10-18(19)20-16-28-22(24-17-8-2-1-3-9-17)26(20)15-7-14-25-13-6-12-21(25)27/h1-5,8-11,16H,6-7,12-15H2. The lowest BCUT2D eigenvalue weighted by Gasteiger charge is -2.16. The van der Waals surface area contributed by atoms with Crippen LogP contribution >= 0.6 is 11.3 Å². The summed E-state index contributed by atoms with van der Waals surface area (Å²) >= 11 is 1.51. The van der Waals surface area contributed by atoms with E-state index in [2.05, 4.69) is 4.57 Å². The van der Waals surface area contributed by atoms with E-state index in [1.165, 1.54) is 17.4 Å². The number of amides is 1. The number of thiazole rings is 1. The van der Waals surface area contributed by atoms with Gasteiger partial charge in [0.2, 0.25) is 5.91 Å². The molecule has 4 nitrogen and oxygen atoms in total. The van der Waals surface area contributed by atoms with Crippen LogP contribution in [0.2, 0.25) is 0 Å². The van der Waals surface area contributed by atoms with Gasteiger partial charge in [-0.2, -0.15) is 0 Å². The summed E-state index contributed by atoms with van der Waals surface area (Å²) < 4.78 is 16.5. The summed E-state index contributed by atoms with van der Waals surface area (Å²) in [6.45, 7) is 2.25. The second-order valence-corrected chi connectivity index (χ2v) is 7.66. The number of aromatic nitrogens is 1. The van der Waals surface area contributed by atoms with Gasteiger partial charge in [-0.1, -0.05) is 30.3 Å². The molecule has 0 spiro atoms. The van der Waals surface area contributed by atoms with Gasteiger partial charge in [-0.3, -0.25) is 4.79 Å². The molecule has 0 saturated carbocycles. The fourth-order valence-corrected chi connectivity index (χ4v) is 4.44. The maximum absolute atomic E-state index is 14.4. The number of halogens is 1. The van der Waals surface area contributed by atoms with Crippen molar-refractivity contribution in [3.8, 4) is 11.3 Å². The molecule has 144 valence electrons. The van der Waals surface area contributed by atoms with E-state index in [4.69, 9.17) is 4.99 Å². The lowest BCUT2D eigenvalue weighted by Crippen LogP contribution is -2.27. The number of likely N-dealkylation sites (tertiary alicyclic amines) is 1. The Morgan fingerprint density at radius 1 is 1.04 bits per heavy atom. The molecule has 2 aromatic carbocycles. The van der Waals surface area contributed by atoms with Gasteiger partial charge in [0, 0.05) is 37.0 Å². The van der Waals surface area contributed by atoms with Crippen molar-refractivity contribution >= 4 is 22.9 Å². The quantitative estimate of drug-likeness (QED) is 0.601. The van der Waals surface area contributed by atoms with Crippen LogP contribution < -0.4 is 4.80 Å². The molecule has 2 heterocycles. The van der Waals surface area contributed by atoms with Gasteiger partial charge in [-0.05, 0) is 37.1 Å². The van der Waals surface area contributed by atoms with E-state index in [0.29, 0.717) is 18.5 Å². The molecule has 0 radical (unpaired) electrons. The molecule has 3 aromatic rings. The molecule has 0 N–H and O–H groups in total. The summed E-state index contributed by atoms with van der Waals surface area (Å²) in [6.07, 6.45) is 2.41. The lowest BCUT2D eigenvalue weighted by atomic mass is 10.1. The van der Waals surface area contributed by atoms with Crippen molar-refractivity contribution < 1.29 is 9.18 Å². The molecule has 0 unspecified atom stereocenters. The average Bonchev–Trinajstić information content (AvgIpc) is 3.30. The second-order valence-electron chi connectivity index (χ2n) is 6.82. The van der Waals surface area contributed by atoms with E-state index in [9.17, 15) is 9.18 Å². The van der Waals surface area contributed by atoms with Gasteiger partial charge >= 0.3 is 0 Å². The topological polar surface area (TPSA) is 37.6 Å². The molecule has 1 fully saturated rings. The Morgan fingerprint density at radius 3 is 2.57 bits per heavy atom. The third-order valence-corrected chi connectivity index (χ3v) is 5.77. The highest BCUT2D eigenvalue weighted by Crippen LogP contribution is 2.24. The average molecular weight is 396 g/mol. The maximum atomic E-state index is 14.4. The highest BCUT2D eigenvalue weighted by molar-refractivity contribution is 7.07. The Bertz CT molecular complexity index is 1030. The summed E-state index contributed by atoms with van der Waals surface area (Å²) in [4.78, 5) is 19.4. The fourth-order valence-electron chi connectivity index (χ4n) is 3.49. The molecular formula is C22H22FN3OS. The number of hydrogen-bond acceptors (Lipinski definition) is 3. The summed E-state index contributed by atoms with van der Waals surface area (Å²) in [7, 11) is 0. The van der Waals surface area contributed by atoms with Crippen LogP contribution in [-0.4, -0.2) is 28.5 Å². The number of rotatable bonds is 6. The highest BCUT2D eigenvalue weighted by atomic mass is 32.1. The molecule has 1 aliphatic heterocycles. The van der Waals surface area contributed by atoms with E-state index in [1.807, 2.05) is 46.7 Å². The van der Waals surface area contributed by atoms with Crippen LogP contribution in [0.5, 0.6) is 0 Å². The van der Waals surface area contributed by atoms with Crippen molar-refractivity contribution in [1.82, 2.24) is 9.47 Å². The fraction of sp³-hybridized carbons (Fsp3) is 0.273. The number of hydrogen-bond donors (Lipinski definition) is 0. The number of nitrogens with zero attached hydrogens (tertiary/aromatic N) is 3. The van der Waals surface area contributed by atoms with Crippen molar-refractivity contribution in [2.45, 2.75) is 25.8 Å². The molecule has 0 aliphatic carbocycles. The number of benzene rings is 2. The zero-order valence-corrected chi connectivity index (χ0v) is 16.4. The molecule has 6 heteroatoms. The molecule has 1 aromatic heterocycles. The predicted octanol–water partition coefficient (Wildman–Crippen LogP) is 4.60. The Hall–Kier alpha value is -2.73. The molecule has 28 heavy (non-hydrogen) atoms. The third kappa shape index (κ3) is 4.07.